The van der Waals surface area contributed by atoms with Gasteiger partial charge in [-0.3, -0.25) is 0 Å². The fourth-order valence-corrected chi connectivity index (χ4v) is 4.07. The summed E-state index contributed by atoms with van der Waals surface area (Å²) in [6.45, 7) is 8.05. The number of benzene rings is 1. The Morgan fingerprint density at radius 2 is 1.56 bits per heavy atom. The van der Waals surface area contributed by atoms with Crippen LogP contribution in [-0.4, -0.2) is 47.7 Å². The first kappa shape index (κ1) is 17.2. The summed E-state index contributed by atoms with van der Waals surface area (Å²) in [4.78, 5) is 0. The minimum Gasteiger partial charge on any atom is -0.386 e. The Kier molecular flexibility index (Phi) is 4.05. The van der Waals surface area contributed by atoms with Gasteiger partial charge in [-0.1, -0.05) is 36.4 Å². The predicted octanol–water partition coefficient (Wildman–Crippen LogP) is 2.73. The first-order valence-corrected chi connectivity index (χ1v) is 8.88. The van der Waals surface area contributed by atoms with Gasteiger partial charge in [0.2, 0.25) is 0 Å². The molecule has 4 rings (SSSR count). The third-order valence-corrected chi connectivity index (χ3v) is 5.13. The second-order valence-electron chi connectivity index (χ2n) is 7.96. The van der Waals surface area contributed by atoms with Crippen molar-refractivity contribution in [2.75, 3.05) is 6.61 Å². The van der Waals surface area contributed by atoms with E-state index < -0.39 is 23.8 Å². The summed E-state index contributed by atoms with van der Waals surface area (Å²) in [7, 11) is 0. The van der Waals surface area contributed by atoms with Crippen LogP contribution < -0.4 is 0 Å². The van der Waals surface area contributed by atoms with Crippen LogP contribution in [0.2, 0.25) is 0 Å². The fraction of sp³-hybridized carbons (Fsp3) is 0.600. The van der Waals surface area contributed by atoms with Gasteiger partial charge >= 0.3 is 0 Å². The van der Waals surface area contributed by atoms with E-state index >= 15 is 0 Å². The quantitative estimate of drug-likeness (QED) is 0.847. The van der Waals surface area contributed by atoms with Crippen LogP contribution in [0.25, 0.3) is 6.08 Å². The average Bonchev–Trinajstić information content (AvgIpc) is 2.88. The van der Waals surface area contributed by atoms with Crippen LogP contribution in [0, 0.1) is 5.92 Å². The van der Waals surface area contributed by atoms with Gasteiger partial charge in [0.1, 0.15) is 18.3 Å². The van der Waals surface area contributed by atoms with Crippen molar-refractivity contribution in [3.63, 3.8) is 0 Å². The van der Waals surface area contributed by atoms with Crippen LogP contribution in [0.15, 0.2) is 35.9 Å². The first-order valence-electron chi connectivity index (χ1n) is 8.88. The number of ether oxygens (including phenoxy) is 4. The van der Waals surface area contributed by atoms with E-state index in [4.69, 9.17) is 18.9 Å². The minimum absolute atomic E-state index is 0.0676. The van der Waals surface area contributed by atoms with E-state index in [-0.39, 0.29) is 18.1 Å². The highest BCUT2D eigenvalue weighted by molar-refractivity contribution is 5.55. The zero-order valence-corrected chi connectivity index (χ0v) is 15.1. The van der Waals surface area contributed by atoms with Gasteiger partial charge in [-0.25, -0.2) is 0 Å². The number of fused-ring (bicyclic) bond motifs is 3. The van der Waals surface area contributed by atoms with Crippen molar-refractivity contribution in [2.24, 2.45) is 5.92 Å². The third-order valence-electron chi connectivity index (χ3n) is 5.13. The van der Waals surface area contributed by atoms with E-state index in [1.54, 1.807) is 0 Å². The topological polar surface area (TPSA) is 57.2 Å². The molecule has 5 atom stereocenters. The fourth-order valence-electron chi connectivity index (χ4n) is 4.07. The highest BCUT2D eigenvalue weighted by Crippen LogP contribution is 2.46. The van der Waals surface area contributed by atoms with E-state index in [0.29, 0.717) is 6.61 Å². The second-order valence-corrected chi connectivity index (χ2v) is 7.96. The smallest absolute Gasteiger partial charge is 0.164 e. The van der Waals surface area contributed by atoms with Crippen molar-refractivity contribution in [1.29, 1.82) is 0 Å². The van der Waals surface area contributed by atoms with Crippen LogP contribution >= 0.6 is 0 Å². The van der Waals surface area contributed by atoms with Gasteiger partial charge in [0.25, 0.3) is 0 Å². The second kappa shape index (κ2) is 5.89. The molecule has 1 aromatic rings. The van der Waals surface area contributed by atoms with Gasteiger partial charge in [-0.05, 0) is 38.8 Å². The molecular formula is C20H26O5. The van der Waals surface area contributed by atoms with E-state index in [2.05, 4.69) is 0 Å². The zero-order chi connectivity index (χ0) is 17.8. The lowest BCUT2D eigenvalue weighted by atomic mass is 9.75. The Bertz CT molecular complexity index is 666. The SMILES string of the molecule is CC1(C)O[C@@H]2[C@H](O1)[C@H](O)/C(=C/c1ccccc1)[C@H]1COC(C)(C)O[C@@H]21. The van der Waals surface area contributed by atoms with Crippen molar-refractivity contribution in [1.82, 2.24) is 0 Å². The monoisotopic (exact) mass is 346 g/mol. The number of hydrogen-bond donors (Lipinski definition) is 1. The van der Waals surface area contributed by atoms with Crippen LogP contribution in [0.3, 0.4) is 0 Å². The lowest BCUT2D eigenvalue weighted by Gasteiger charge is -2.49. The minimum atomic E-state index is -0.748. The molecule has 0 unspecified atom stereocenters. The van der Waals surface area contributed by atoms with Gasteiger partial charge < -0.3 is 24.1 Å². The summed E-state index contributed by atoms with van der Waals surface area (Å²) in [5, 5.41) is 11.0. The van der Waals surface area contributed by atoms with Crippen LogP contribution in [0.5, 0.6) is 0 Å². The first-order chi connectivity index (χ1) is 11.8. The Hall–Kier alpha value is -1.24. The van der Waals surface area contributed by atoms with Crippen molar-refractivity contribution >= 4 is 6.08 Å². The predicted molar refractivity (Wildman–Crippen MR) is 92.6 cm³/mol. The molecule has 25 heavy (non-hydrogen) atoms. The van der Waals surface area contributed by atoms with Gasteiger partial charge in [-0.15, -0.1) is 0 Å². The van der Waals surface area contributed by atoms with E-state index in [9.17, 15) is 5.11 Å². The molecule has 1 aromatic carbocycles. The van der Waals surface area contributed by atoms with Crippen molar-refractivity contribution in [2.45, 2.75) is 63.7 Å². The highest BCUT2D eigenvalue weighted by Gasteiger charge is 2.58. The summed E-state index contributed by atoms with van der Waals surface area (Å²) in [5.41, 5.74) is 1.92. The summed E-state index contributed by atoms with van der Waals surface area (Å²) < 4.78 is 24.2. The maximum absolute atomic E-state index is 11.0. The molecule has 2 saturated heterocycles. The molecule has 2 heterocycles. The molecule has 136 valence electrons. The van der Waals surface area contributed by atoms with E-state index in [1.165, 1.54) is 0 Å². The summed E-state index contributed by atoms with van der Waals surface area (Å²) >= 11 is 0. The third kappa shape index (κ3) is 3.15. The molecule has 2 aliphatic heterocycles. The Balaban J connectivity index is 1.74. The molecule has 0 amide bonds. The molecule has 5 heteroatoms. The molecule has 0 bridgehead atoms. The van der Waals surface area contributed by atoms with Crippen LogP contribution in [0.1, 0.15) is 33.3 Å². The van der Waals surface area contributed by atoms with Gasteiger partial charge in [0.15, 0.2) is 11.6 Å². The molecule has 1 saturated carbocycles. The average molecular weight is 346 g/mol. The standard InChI is InChI=1S/C20H26O5/c1-19(2)22-11-14-13(10-12-8-6-5-7-9-12)15(21)17-18(16(14)23-19)25-20(3,4)24-17/h5-10,14-18,21H,11H2,1-4H3/b13-10+/t14-,15-,16-,17-,18+/m1/s1. The lowest BCUT2D eigenvalue weighted by molar-refractivity contribution is -0.313. The van der Waals surface area contributed by atoms with E-state index in [1.807, 2.05) is 64.1 Å². The molecule has 1 aliphatic carbocycles. The van der Waals surface area contributed by atoms with Crippen LogP contribution in [0.4, 0.5) is 0 Å². The molecule has 0 aromatic heterocycles. The number of rotatable bonds is 1. The molecule has 3 aliphatic rings. The Labute approximate surface area is 148 Å². The molecule has 5 nitrogen and oxygen atoms in total. The van der Waals surface area contributed by atoms with Crippen molar-refractivity contribution in [3.8, 4) is 0 Å². The number of aliphatic hydroxyl groups excluding tert-OH is 1. The molecule has 1 N–H and O–H groups in total. The van der Waals surface area contributed by atoms with Gasteiger partial charge in [0, 0.05) is 5.92 Å². The summed E-state index contributed by atoms with van der Waals surface area (Å²) in [6, 6.07) is 9.98. The summed E-state index contributed by atoms with van der Waals surface area (Å²) in [6.07, 6.45) is 0.305. The van der Waals surface area contributed by atoms with Crippen molar-refractivity contribution < 1.29 is 24.1 Å². The van der Waals surface area contributed by atoms with E-state index in [0.717, 1.165) is 11.1 Å². The maximum Gasteiger partial charge on any atom is 0.164 e. The largest absolute Gasteiger partial charge is 0.386 e. The molecule has 0 spiro atoms. The number of hydrogen-bond acceptors (Lipinski definition) is 5. The maximum atomic E-state index is 11.0. The zero-order valence-electron chi connectivity index (χ0n) is 15.1. The highest BCUT2D eigenvalue weighted by atomic mass is 16.8. The Morgan fingerprint density at radius 1 is 0.920 bits per heavy atom. The molecule has 0 radical (unpaired) electrons. The normalized spacial score (nSPS) is 40.5. The number of aliphatic hydroxyl groups is 1. The van der Waals surface area contributed by atoms with Gasteiger partial charge in [-0.2, -0.15) is 0 Å². The lowest BCUT2D eigenvalue weighted by Crippen LogP contribution is -2.60. The van der Waals surface area contributed by atoms with Crippen molar-refractivity contribution in [3.05, 3.63) is 41.5 Å². The van der Waals surface area contributed by atoms with Gasteiger partial charge in [0.05, 0.1) is 12.7 Å². The summed E-state index contributed by atoms with van der Waals surface area (Å²) in [5.74, 6) is -1.49. The Morgan fingerprint density at radius 3 is 2.28 bits per heavy atom. The molecule has 3 fully saturated rings. The van der Waals surface area contributed by atoms with Crippen LogP contribution in [-0.2, 0) is 18.9 Å². The molecular weight excluding hydrogens is 320 g/mol.